The number of nitrogens with zero attached hydrogens (tertiary/aromatic N) is 1. The van der Waals surface area contributed by atoms with Crippen molar-refractivity contribution in [3.8, 4) is 0 Å². The second kappa shape index (κ2) is 8.65. The zero-order chi connectivity index (χ0) is 12.5. The fourth-order valence-electron chi connectivity index (χ4n) is 1.93. The van der Waals surface area contributed by atoms with Crippen molar-refractivity contribution in [3.05, 3.63) is 28.5 Å². The summed E-state index contributed by atoms with van der Waals surface area (Å²) in [6.07, 6.45) is 9.89. The Kier molecular flexibility index (Phi) is 7.45. The topological polar surface area (TPSA) is 24.9 Å². The van der Waals surface area contributed by atoms with Gasteiger partial charge in [0.2, 0.25) is 0 Å². The molecule has 17 heavy (non-hydrogen) atoms. The Hall–Kier alpha value is -0.410. The Labute approximate surface area is 113 Å². The molecule has 1 N–H and O–H groups in total. The molecular weight excluding hydrogens is 276 g/mol. The molecule has 0 amide bonds. The molecule has 0 saturated carbocycles. The van der Waals surface area contributed by atoms with Gasteiger partial charge in [0.15, 0.2) is 0 Å². The SMILES string of the molecule is CCCCC(Cc1cncc(Br)c1)NCCC. The van der Waals surface area contributed by atoms with E-state index in [1.54, 1.807) is 0 Å². The van der Waals surface area contributed by atoms with Crippen molar-refractivity contribution in [2.45, 2.75) is 52.0 Å². The molecule has 0 aliphatic heterocycles. The van der Waals surface area contributed by atoms with Crippen molar-refractivity contribution in [2.24, 2.45) is 0 Å². The minimum Gasteiger partial charge on any atom is -0.314 e. The summed E-state index contributed by atoms with van der Waals surface area (Å²) in [5, 5.41) is 3.63. The average molecular weight is 299 g/mol. The molecule has 0 aromatic carbocycles. The predicted molar refractivity (Wildman–Crippen MR) is 77.2 cm³/mol. The molecule has 3 heteroatoms. The first-order valence-corrected chi connectivity index (χ1v) is 7.38. The molecule has 0 aliphatic rings. The summed E-state index contributed by atoms with van der Waals surface area (Å²) in [7, 11) is 0. The summed E-state index contributed by atoms with van der Waals surface area (Å²) in [6, 6.07) is 2.76. The molecule has 0 spiro atoms. The average Bonchev–Trinajstić information content (AvgIpc) is 2.32. The van der Waals surface area contributed by atoms with Crippen LogP contribution in [-0.2, 0) is 6.42 Å². The molecule has 1 atom stereocenters. The highest BCUT2D eigenvalue weighted by Crippen LogP contribution is 2.13. The maximum Gasteiger partial charge on any atom is 0.0410 e. The summed E-state index contributed by atoms with van der Waals surface area (Å²) in [6.45, 7) is 5.57. The number of pyridine rings is 1. The molecule has 0 fully saturated rings. The summed E-state index contributed by atoms with van der Waals surface area (Å²) in [5.74, 6) is 0. The normalized spacial score (nSPS) is 12.6. The number of hydrogen-bond acceptors (Lipinski definition) is 2. The zero-order valence-corrected chi connectivity index (χ0v) is 12.5. The molecule has 0 bridgehead atoms. The second-order valence-electron chi connectivity index (χ2n) is 4.51. The summed E-state index contributed by atoms with van der Waals surface area (Å²) in [5.41, 5.74) is 1.31. The summed E-state index contributed by atoms with van der Waals surface area (Å²) < 4.78 is 1.07. The van der Waals surface area contributed by atoms with Crippen LogP contribution >= 0.6 is 15.9 Å². The van der Waals surface area contributed by atoms with Crippen LogP contribution in [-0.4, -0.2) is 17.6 Å². The first kappa shape index (κ1) is 14.7. The Balaban J connectivity index is 2.51. The van der Waals surface area contributed by atoms with Gasteiger partial charge in [-0.05, 0) is 53.4 Å². The Morgan fingerprint density at radius 2 is 2.12 bits per heavy atom. The van der Waals surface area contributed by atoms with E-state index in [0.29, 0.717) is 6.04 Å². The number of rotatable bonds is 8. The van der Waals surface area contributed by atoms with Gasteiger partial charge in [-0.1, -0.05) is 26.7 Å². The smallest absolute Gasteiger partial charge is 0.0410 e. The summed E-state index contributed by atoms with van der Waals surface area (Å²) >= 11 is 3.47. The van der Waals surface area contributed by atoms with Crippen LogP contribution in [0, 0.1) is 0 Å². The highest BCUT2D eigenvalue weighted by molar-refractivity contribution is 9.10. The minimum atomic E-state index is 0.589. The third kappa shape index (κ3) is 6.18. The molecule has 96 valence electrons. The Morgan fingerprint density at radius 3 is 2.76 bits per heavy atom. The lowest BCUT2D eigenvalue weighted by Gasteiger charge is -2.18. The zero-order valence-electron chi connectivity index (χ0n) is 10.9. The van der Waals surface area contributed by atoms with Crippen molar-refractivity contribution in [1.29, 1.82) is 0 Å². The van der Waals surface area contributed by atoms with E-state index in [0.717, 1.165) is 17.4 Å². The van der Waals surface area contributed by atoms with Crippen LogP contribution in [0.2, 0.25) is 0 Å². The molecule has 2 nitrogen and oxygen atoms in total. The first-order valence-electron chi connectivity index (χ1n) is 6.59. The van der Waals surface area contributed by atoms with Gasteiger partial charge in [-0.2, -0.15) is 0 Å². The van der Waals surface area contributed by atoms with Gasteiger partial charge in [0.25, 0.3) is 0 Å². The fraction of sp³-hybridized carbons (Fsp3) is 0.643. The molecular formula is C14H23BrN2. The van der Waals surface area contributed by atoms with E-state index in [4.69, 9.17) is 0 Å². The van der Waals surface area contributed by atoms with E-state index in [2.05, 4.69) is 46.1 Å². The number of halogens is 1. The maximum atomic E-state index is 4.22. The standard InChI is InChI=1S/C14H23BrN2/c1-3-5-6-14(17-7-4-2)9-12-8-13(15)11-16-10-12/h8,10-11,14,17H,3-7,9H2,1-2H3. The van der Waals surface area contributed by atoms with Gasteiger partial charge in [-0.25, -0.2) is 0 Å². The van der Waals surface area contributed by atoms with Gasteiger partial charge >= 0.3 is 0 Å². The molecule has 1 rings (SSSR count). The van der Waals surface area contributed by atoms with Crippen molar-refractivity contribution in [3.63, 3.8) is 0 Å². The van der Waals surface area contributed by atoms with Gasteiger partial charge in [-0.3, -0.25) is 4.98 Å². The largest absolute Gasteiger partial charge is 0.314 e. The van der Waals surface area contributed by atoms with Crippen LogP contribution in [0.15, 0.2) is 22.9 Å². The second-order valence-corrected chi connectivity index (χ2v) is 5.42. The summed E-state index contributed by atoms with van der Waals surface area (Å²) in [4.78, 5) is 4.22. The predicted octanol–water partition coefficient (Wildman–Crippen LogP) is 3.95. The third-order valence-corrected chi connectivity index (χ3v) is 3.27. The van der Waals surface area contributed by atoms with E-state index < -0.39 is 0 Å². The molecule has 1 aromatic rings. The van der Waals surface area contributed by atoms with Crippen LogP contribution in [0.4, 0.5) is 0 Å². The molecule has 0 radical (unpaired) electrons. The van der Waals surface area contributed by atoms with Gasteiger partial charge in [0.1, 0.15) is 0 Å². The number of aromatic nitrogens is 1. The third-order valence-electron chi connectivity index (χ3n) is 2.83. The van der Waals surface area contributed by atoms with Crippen molar-refractivity contribution < 1.29 is 0 Å². The van der Waals surface area contributed by atoms with E-state index in [-0.39, 0.29) is 0 Å². The first-order chi connectivity index (χ1) is 8.26. The van der Waals surface area contributed by atoms with Crippen molar-refractivity contribution in [2.75, 3.05) is 6.54 Å². The van der Waals surface area contributed by atoms with Crippen molar-refractivity contribution in [1.82, 2.24) is 10.3 Å². The molecule has 0 saturated heterocycles. The van der Waals surface area contributed by atoms with Gasteiger partial charge in [0, 0.05) is 22.9 Å². The lowest BCUT2D eigenvalue weighted by Crippen LogP contribution is -2.31. The van der Waals surface area contributed by atoms with Crippen LogP contribution in [0.1, 0.15) is 45.1 Å². The highest BCUT2D eigenvalue weighted by atomic mass is 79.9. The van der Waals surface area contributed by atoms with Gasteiger partial charge in [-0.15, -0.1) is 0 Å². The van der Waals surface area contributed by atoms with Crippen LogP contribution in [0.5, 0.6) is 0 Å². The van der Waals surface area contributed by atoms with E-state index in [9.17, 15) is 0 Å². The minimum absolute atomic E-state index is 0.589. The Morgan fingerprint density at radius 1 is 1.29 bits per heavy atom. The van der Waals surface area contributed by atoms with Crippen LogP contribution in [0.25, 0.3) is 0 Å². The molecule has 0 aliphatic carbocycles. The number of unbranched alkanes of at least 4 members (excludes halogenated alkanes) is 1. The van der Waals surface area contributed by atoms with Gasteiger partial charge < -0.3 is 5.32 Å². The number of nitrogens with one attached hydrogen (secondary N) is 1. The lowest BCUT2D eigenvalue weighted by atomic mass is 10.0. The maximum absolute atomic E-state index is 4.22. The van der Waals surface area contributed by atoms with Crippen LogP contribution < -0.4 is 5.32 Å². The highest BCUT2D eigenvalue weighted by Gasteiger charge is 2.08. The molecule has 1 heterocycles. The lowest BCUT2D eigenvalue weighted by molar-refractivity contribution is 0.461. The fourth-order valence-corrected chi connectivity index (χ4v) is 2.34. The van der Waals surface area contributed by atoms with E-state index in [1.807, 2.05) is 12.4 Å². The monoisotopic (exact) mass is 298 g/mol. The van der Waals surface area contributed by atoms with Crippen molar-refractivity contribution >= 4 is 15.9 Å². The molecule has 1 aromatic heterocycles. The van der Waals surface area contributed by atoms with Gasteiger partial charge in [0.05, 0.1) is 0 Å². The number of hydrogen-bond donors (Lipinski definition) is 1. The molecule has 1 unspecified atom stereocenters. The van der Waals surface area contributed by atoms with E-state index in [1.165, 1.54) is 31.2 Å². The van der Waals surface area contributed by atoms with Crippen LogP contribution in [0.3, 0.4) is 0 Å². The Bertz CT molecular complexity index is 307. The quantitative estimate of drug-likeness (QED) is 0.786. The van der Waals surface area contributed by atoms with E-state index >= 15 is 0 Å².